The molecule has 2 atom stereocenters. The third kappa shape index (κ3) is 7.85. The van der Waals surface area contributed by atoms with Gasteiger partial charge in [-0.25, -0.2) is 19.7 Å². The minimum Gasteiger partial charge on any atom is -0.481 e. The number of carbonyl (C=O) groups is 2. The molecule has 13 nitrogen and oxygen atoms in total. The monoisotopic (exact) mass is 669 g/mol. The standard InChI is InChI=1S/C32H34F3N7O6/c1-3-22-16-24(29-25(4-5-27(40-29)46-2)42(22)31(45)48-9-6-28(43)44)39-30-37-18-26(41-7-10-47-11-8-41)23(38-30)15-19-12-20(17-36)14-21(13-19)32(33,34)35/h4-5,12-14,18,22,24H,3,6-11,15-16H2,1-2H3,(H,43,44)(H,37,38,39)/t22-,24+/m1/s1. The van der Waals surface area contributed by atoms with Crippen LogP contribution in [-0.2, 0) is 26.9 Å². The van der Waals surface area contributed by atoms with Crippen molar-refractivity contribution in [3.8, 4) is 11.9 Å². The number of carboxylic acid groups (broad SMARTS) is 1. The van der Waals surface area contributed by atoms with Gasteiger partial charge >= 0.3 is 18.2 Å². The van der Waals surface area contributed by atoms with Crippen molar-refractivity contribution in [2.24, 2.45) is 0 Å². The number of benzene rings is 1. The summed E-state index contributed by atoms with van der Waals surface area (Å²) in [4.78, 5) is 41.5. The Morgan fingerprint density at radius 1 is 1.17 bits per heavy atom. The number of rotatable bonds is 10. The minimum atomic E-state index is -4.64. The maximum absolute atomic E-state index is 13.7. The zero-order valence-electron chi connectivity index (χ0n) is 26.3. The van der Waals surface area contributed by atoms with Crippen LogP contribution in [0.15, 0.2) is 36.5 Å². The molecule has 2 N–H and O–H groups in total. The van der Waals surface area contributed by atoms with E-state index in [1.807, 2.05) is 17.9 Å². The highest BCUT2D eigenvalue weighted by molar-refractivity contribution is 5.90. The zero-order valence-corrected chi connectivity index (χ0v) is 26.3. The number of pyridine rings is 1. The van der Waals surface area contributed by atoms with E-state index in [0.717, 1.165) is 12.1 Å². The van der Waals surface area contributed by atoms with Gasteiger partial charge in [-0.3, -0.25) is 9.69 Å². The van der Waals surface area contributed by atoms with Crippen molar-refractivity contribution in [3.63, 3.8) is 0 Å². The van der Waals surface area contributed by atoms with Crippen LogP contribution >= 0.6 is 0 Å². The first-order chi connectivity index (χ1) is 23.0. The number of nitriles is 1. The predicted octanol–water partition coefficient (Wildman–Crippen LogP) is 4.95. The topological polar surface area (TPSA) is 163 Å². The molecular formula is C32H34F3N7O6. The second kappa shape index (κ2) is 14.7. The molecule has 1 fully saturated rings. The number of halogens is 3. The smallest absolute Gasteiger partial charge is 0.416 e. The van der Waals surface area contributed by atoms with E-state index in [2.05, 4.69) is 15.3 Å². The Kier molecular flexibility index (Phi) is 10.5. The van der Waals surface area contributed by atoms with E-state index in [1.54, 1.807) is 18.3 Å². The van der Waals surface area contributed by atoms with Gasteiger partial charge < -0.3 is 29.5 Å². The second-order valence-electron chi connectivity index (χ2n) is 11.2. The molecule has 3 aromatic rings. The van der Waals surface area contributed by atoms with Crippen LogP contribution in [0.4, 0.5) is 35.3 Å². The van der Waals surface area contributed by atoms with Gasteiger partial charge in [-0.05, 0) is 42.7 Å². The normalized spacial score (nSPS) is 17.7. The number of hydrogen-bond acceptors (Lipinski definition) is 11. The first kappa shape index (κ1) is 34.2. The third-order valence-corrected chi connectivity index (χ3v) is 8.08. The molecule has 48 heavy (non-hydrogen) atoms. The molecule has 2 aliphatic heterocycles. The largest absolute Gasteiger partial charge is 0.481 e. The molecule has 2 aromatic heterocycles. The van der Waals surface area contributed by atoms with Gasteiger partial charge in [0.2, 0.25) is 11.8 Å². The number of nitrogens with one attached hydrogen (secondary N) is 1. The minimum absolute atomic E-state index is 0.0106. The lowest BCUT2D eigenvalue weighted by Gasteiger charge is -2.39. The maximum Gasteiger partial charge on any atom is 0.416 e. The van der Waals surface area contributed by atoms with E-state index < -0.39 is 29.8 Å². The fourth-order valence-electron chi connectivity index (χ4n) is 5.78. The number of nitrogens with zero attached hydrogens (tertiary/aromatic N) is 6. The number of amides is 1. The number of aliphatic carboxylic acids is 1. The molecule has 0 unspecified atom stereocenters. The predicted molar refractivity (Wildman–Crippen MR) is 166 cm³/mol. The number of carboxylic acids is 1. The molecule has 4 heterocycles. The first-order valence-corrected chi connectivity index (χ1v) is 15.3. The van der Waals surface area contributed by atoms with Crippen molar-refractivity contribution in [2.75, 3.05) is 55.1 Å². The average molecular weight is 670 g/mol. The van der Waals surface area contributed by atoms with Crippen molar-refractivity contribution in [3.05, 3.63) is 64.6 Å². The lowest BCUT2D eigenvalue weighted by Crippen LogP contribution is -2.46. The van der Waals surface area contributed by atoms with Crippen LogP contribution in [0.3, 0.4) is 0 Å². The van der Waals surface area contributed by atoms with Crippen molar-refractivity contribution >= 4 is 29.4 Å². The Morgan fingerprint density at radius 3 is 2.60 bits per heavy atom. The first-order valence-electron chi connectivity index (χ1n) is 15.3. The summed E-state index contributed by atoms with van der Waals surface area (Å²) in [5, 5.41) is 21.7. The van der Waals surface area contributed by atoms with Gasteiger partial charge in [0.1, 0.15) is 6.61 Å². The summed E-state index contributed by atoms with van der Waals surface area (Å²) in [5.41, 5.74) is 1.17. The quantitative estimate of drug-likeness (QED) is 0.299. The number of hydrogen-bond donors (Lipinski definition) is 2. The van der Waals surface area contributed by atoms with E-state index in [-0.39, 0.29) is 48.4 Å². The van der Waals surface area contributed by atoms with E-state index >= 15 is 0 Å². The highest BCUT2D eigenvalue weighted by atomic mass is 19.4. The van der Waals surface area contributed by atoms with Crippen LogP contribution in [0.5, 0.6) is 5.88 Å². The number of morpholine rings is 1. The summed E-state index contributed by atoms with van der Waals surface area (Å²) >= 11 is 0. The molecule has 0 radical (unpaired) electrons. The number of aromatic nitrogens is 3. The van der Waals surface area contributed by atoms with Crippen molar-refractivity contribution in [1.29, 1.82) is 5.26 Å². The lowest BCUT2D eigenvalue weighted by atomic mass is 9.93. The Hall–Kier alpha value is -5.17. The lowest BCUT2D eigenvalue weighted by molar-refractivity contribution is -0.138. The number of fused-ring (bicyclic) bond motifs is 1. The van der Waals surface area contributed by atoms with Gasteiger partial charge in [0.15, 0.2) is 0 Å². The van der Waals surface area contributed by atoms with Crippen molar-refractivity contribution in [1.82, 2.24) is 15.0 Å². The Balaban J connectivity index is 1.50. The summed E-state index contributed by atoms with van der Waals surface area (Å²) in [7, 11) is 1.46. The SMILES string of the molecule is CC[C@@H]1C[C@H](Nc2ncc(N3CCOCC3)c(Cc3cc(C#N)cc(C(F)(F)F)c3)n2)c2nc(OC)ccc2N1C(=O)OCCC(=O)O. The van der Waals surface area contributed by atoms with Crippen LogP contribution in [0.25, 0.3) is 0 Å². The highest BCUT2D eigenvalue weighted by Crippen LogP contribution is 2.40. The second-order valence-corrected chi connectivity index (χ2v) is 11.2. The van der Waals surface area contributed by atoms with E-state index in [9.17, 15) is 28.0 Å². The van der Waals surface area contributed by atoms with Crippen molar-refractivity contribution in [2.45, 2.75) is 50.9 Å². The molecule has 0 bridgehead atoms. The zero-order chi connectivity index (χ0) is 34.4. The maximum atomic E-state index is 13.7. The highest BCUT2D eigenvalue weighted by Gasteiger charge is 2.38. The number of anilines is 3. The van der Waals surface area contributed by atoms with Crippen LogP contribution < -0.4 is 19.9 Å². The van der Waals surface area contributed by atoms with Crippen molar-refractivity contribution < 1.29 is 42.1 Å². The van der Waals surface area contributed by atoms with Gasteiger partial charge in [0, 0.05) is 31.6 Å². The fraction of sp³-hybridized carbons (Fsp3) is 0.438. The molecule has 1 aromatic carbocycles. The summed E-state index contributed by atoms with van der Waals surface area (Å²) in [6.07, 6.45) is -3.21. The molecule has 5 rings (SSSR count). The molecule has 1 saturated heterocycles. The average Bonchev–Trinajstić information content (AvgIpc) is 3.07. The molecule has 16 heteroatoms. The number of alkyl halides is 3. The van der Waals surface area contributed by atoms with Crippen LogP contribution in [-0.4, -0.2) is 78.2 Å². The summed E-state index contributed by atoms with van der Waals surface area (Å²) < 4.78 is 57.2. The summed E-state index contributed by atoms with van der Waals surface area (Å²) in [5.74, 6) is -0.624. The van der Waals surface area contributed by atoms with Gasteiger partial charge in [-0.1, -0.05) is 6.92 Å². The molecule has 254 valence electrons. The number of carbonyl (C=O) groups excluding carboxylic acids is 1. The number of methoxy groups -OCH3 is 1. The Labute approximate surface area is 274 Å². The Morgan fingerprint density at radius 2 is 1.94 bits per heavy atom. The van der Waals surface area contributed by atoms with Gasteiger partial charge in [-0.2, -0.15) is 18.4 Å². The van der Waals surface area contributed by atoms with Crippen LogP contribution in [0.1, 0.15) is 60.3 Å². The third-order valence-electron chi connectivity index (χ3n) is 8.08. The fourth-order valence-corrected chi connectivity index (χ4v) is 5.78. The molecule has 2 aliphatic rings. The summed E-state index contributed by atoms with van der Waals surface area (Å²) in [6, 6.07) is 7.43. The van der Waals surface area contributed by atoms with Gasteiger partial charge in [0.05, 0.1) is 78.9 Å². The van der Waals surface area contributed by atoms with Crippen LogP contribution in [0, 0.1) is 11.3 Å². The molecule has 0 aliphatic carbocycles. The van der Waals surface area contributed by atoms with Crippen LogP contribution in [0.2, 0.25) is 0 Å². The molecule has 0 spiro atoms. The van der Waals surface area contributed by atoms with E-state index in [1.165, 1.54) is 18.1 Å². The Bertz CT molecular complexity index is 1690. The molecule has 0 saturated carbocycles. The molecule has 1 amide bonds. The molecular weight excluding hydrogens is 635 g/mol. The summed E-state index contributed by atoms with van der Waals surface area (Å²) in [6.45, 7) is 3.59. The van der Waals surface area contributed by atoms with E-state index in [0.29, 0.717) is 61.9 Å². The van der Waals surface area contributed by atoms with E-state index in [4.69, 9.17) is 24.3 Å². The van der Waals surface area contributed by atoms with Gasteiger partial charge in [-0.15, -0.1) is 0 Å². The number of ether oxygens (including phenoxy) is 3. The van der Waals surface area contributed by atoms with Gasteiger partial charge in [0.25, 0.3) is 0 Å².